The number of hydrogen-bond donors (Lipinski definition) is 0. The highest BCUT2D eigenvalue weighted by Crippen LogP contribution is 2.39. The third-order valence-corrected chi connectivity index (χ3v) is 5.30. The van der Waals surface area contributed by atoms with Crippen LogP contribution in [-0.4, -0.2) is 36.2 Å². The first-order valence-electron chi connectivity index (χ1n) is 5.22. The van der Waals surface area contributed by atoms with Crippen molar-refractivity contribution in [3.63, 3.8) is 0 Å². The number of nitro groups is 1. The lowest BCUT2D eigenvalue weighted by Crippen LogP contribution is -2.29. The van der Waals surface area contributed by atoms with Gasteiger partial charge >= 0.3 is 0 Å². The average molecular weight is 288 g/mol. The van der Waals surface area contributed by atoms with E-state index in [9.17, 15) is 18.5 Å². The maximum atomic E-state index is 11.6. The number of non-ortho nitro benzene ring substituents is 1. The molecule has 1 atom stereocenters. The molecule has 6 nitrogen and oxygen atoms in total. The van der Waals surface area contributed by atoms with E-state index in [0.29, 0.717) is 6.54 Å². The summed E-state index contributed by atoms with van der Waals surface area (Å²) in [5.74, 6) is 0.731. The predicted molar refractivity (Wildman–Crippen MR) is 69.8 cm³/mol. The zero-order valence-corrected chi connectivity index (χ0v) is 11.3. The Morgan fingerprint density at radius 1 is 1.39 bits per heavy atom. The minimum absolute atomic E-state index is 0.00709. The number of nitro benzene ring substituents is 1. The summed E-state index contributed by atoms with van der Waals surface area (Å²) in [6.07, 6.45) is 1.18. The molecule has 1 aliphatic heterocycles. The summed E-state index contributed by atoms with van der Waals surface area (Å²) in [6.45, 7) is 0.477. The fourth-order valence-electron chi connectivity index (χ4n) is 1.82. The van der Waals surface area contributed by atoms with E-state index in [0.717, 1.165) is 11.3 Å². The van der Waals surface area contributed by atoms with E-state index in [1.54, 1.807) is 12.1 Å². The van der Waals surface area contributed by atoms with Crippen LogP contribution in [0.25, 0.3) is 0 Å². The van der Waals surface area contributed by atoms with Gasteiger partial charge in [-0.1, -0.05) is 0 Å². The van der Waals surface area contributed by atoms with Crippen molar-refractivity contribution in [2.45, 2.75) is 5.37 Å². The highest BCUT2D eigenvalue weighted by Gasteiger charge is 2.33. The summed E-state index contributed by atoms with van der Waals surface area (Å²) in [5, 5.41) is 10.3. The first-order chi connectivity index (χ1) is 8.39. The normalized spacial score (nSPS) is 21.1. The molecule has 98 valence electrons. The van der Waals surface area contributed by atoms with Crippen LogP contribution >= 0.6 is 11.8 Å². The summed E-state index contributed by atoms with van der Waals surface area (Å²) in [7, 11) is -3.25. The van der Waals surface area contributed by atoms with Gasteiger partial charge in [-0.15, -0.1) is 11.8 Å². The topological polar surface area (TPSA) is 80.5 Å². The van der Waals surface area contributed by atoms with E-state index in [-0.39, 0.29) is 11.1 Å². The third kappa shape index (κ3) is 2.65. The second-order valence-corrected chi connectivity index (χ2v) is 7.07. The van der Waals surface area contributed by atoms with Crippen LogP contribution in [0, 0.1) is 10.1 Å². The molecule has 0 unspecified atom stereocenters. The zero-order chi connectivity index (χ0) is 13.3. The van der Waals surface area contributed by atoms with Crippen molar-refractivity contribution < 1.29 is 13.3 Å². The molecule has 8 heteroatoms. The van der Waals surface area contributed by atoms with Gasteiger partial charge < -0.3 is 0 Å². The largest absolute Gasteiger partial charge is 0.269 e. The molecular formula is C10H12N2O4S2. The highest BCUT2D eigenvalue weighted by atomic mass is 32.2. The van der Waals surface area contributed by atoms with Gasteiger partial charge in [0.2, 0.25) is 10.0 Å². The van der Waals surface area contributed by atoms with Crippen molar-refractivity contribution in [3.05, 3.63) is 39.9 Å². The van der Waals surface area contributed by atoms with Crippen molar-refractivity contribution in [2.75, 3.05) is 18.6 Å². The van der Waals surface area contributed by atoms with Gasteiger partial charge in [0.25, 0.3) is 5.69 Å². The van der Waals surface area contributed by atoms with Gasteiger partial charge in [-0.2, -0.15) is 4.31 Å². The number of hydrogen-bond acceptors (Lipinski definition) is 5. The van der Waals surface area contributed by atoms with Crippen LogP contribution in [0.2, 0.25) is 0 Å². The first kappa shape index (κ1) is 13.3. The van der Waals surface area contributed by atoms with Crippen LogP contribution < -0.4 is 0 Å². The Hall–Kier alpha value is -1.12. The molecule has 0 bridgehead atoms. The minimum atomic E-state index is -3.25. The number of benzene rings is 1. The van der Waals surface area contributed by atoms with E-state index >= 15 is 0 Å². The Morgan fingerprint density at radius 2 is 2.00 bits per heavy atom. The Labute approximate surface area is 109 Å². The molecule has 0 N–H and O–H groups in total. The zero-order valence-electron chi connectivity index (χ0n) is 9.64. The van der Waals surface area contributed by atoms with Crippen LogP contribution in [0.3, 0.4) is 0 Å². The lowest BCUT2D eigenvalue weighted by molar-refractivity contribution is -0.384. The molecule has 1 saturated heterocycles. The molecule has 0 radical (unpaired) electrons. The van der Waals surface area contributed by atoms with E-state index in [1.807, 2.05) is 0 Å². The summed E-state index contributed by atoms with van der Waals surface area (Å²) in [6, 6.07) is 6.02. The first-order valence-corrected chi connectivity index (χ1v) is 8.12. The second kappa shape index (κ2) is 4.87. The number of sulfonamides is 1. The van der Waals surface area contributed by atoms with Crippen LogP contribution in [-0.2, 0) is 10.0 Å². The molecule has 1 aromatic carbocycles. The van der Waals surface area contributed by atoms with Crippen molar-refractivity contribution in [1.29, 1.82) is 0 Å². The van der Waals surface area contributed by atoms with Crippen LogP contribution in [0.15, 0.2) is 24.3 Å². The fraction of sp³-hybridized carbons (Fsp3) is 0.400. The van der Waals surface area contributed by atoms with Gasteiger partial charge in [0.15, 0.2) is 0 Å². The van der Waals surface area contributed by atoms with E-state index in [2.05, 4.69) is 0 Å². The quantitative estimate of drug-likeness (QED) is 0.623. The predicted octanol–water partition coefficient (Wildman–Crippen LogP) is 1.60. The molecule has 1 aliphatic rings. The molecule has 1 fully saturated rings. The lowest BCUT2D eigenvalue weighted by atomic mass is 10.2. The lowest BCUT2D eigenvalue weighted by Gasteiger charge is -2.21. The van der Waals surface area contributed by atoms with Crippen molar-refractivity contribution in [1.82, 2.24) is 4.31 Å². The Morgan fingerprint density at radius 3 is 2.50 bits per heavy atom. The van der Waals surface area contributed by atoms with Crippen molar-refractivity contribution in [3.8, 4) is 0 Å². The standard InChI is InChI=1S/C10H12N2O4S2/c1-18(15,16)11-6-7-17-10(11)8-2-4-9(5-3-8)12(13)14/h2-5,10H,6-7H2,1H3/t10-/m1/s1. The van der Waals surface area contributed by atoms with E-state index in [4.69, 9.17) is 0 Å². The summed E-state index contributed by atoms with van der Waals surface area (Å²) in [4.78, 5) is 10.1. The van der Waals surface area contributed by atoms with Gasteiger partial charge in [-0.05, 0) is 17.7 Å². The maximum absolute atomic E-state index is 11.6. The summed E-state index contributed by atoms with van der Waals surface area (Å²) < 4.78 is 24.6. The fourth-order valence-corrected chi connectivity index (χ4v) is 4.62. The Kier molecular flexibility index (Phi) is 3.60. The summed E-state index contributed by atoms with van der Waals surface area (Å²) in [5.41, 5.74) is 0.779. The van der Waals surface area contributed by atoms with Crippen molar-refractivity contribution >= 4 is 27.5 Å². The number of nitrogens with zero attached hydrogens (tertiary/aromatic N) is 2. The molecule has 18 heavy (non-hydrogen) atoms. The smallest absolute Gasteiger partial charge is 0.258 e. The SMILES string of the molecule is CS(=O)(=O)N1CCS[C@@H]1c1ccc([N+](=O)[O-])cc1. The molecule has 0 aromatic heterocycles. The molecule has 0 aliphatic carbocycles. The molecule has 2 rings (SSSR count). The van der Waals surface area contributed by atoms with Crippen molar-refractivity contribution in [2.24, 2.45) is 0 Å². The van der Waals surface area contributed by atoms with Crippen LogP contribution in [0.4, 0.5) is 5.69 Å². The van der Waals surface area contributed by atoms with Gasteiger partial charge in [0.1, 0.15) is 0 Å². The summed E-state index contributed by atoms with van der Waals surface area (Å²) >= 11 is 1.52. The molecule has 1 aromatic rings. The van der Waals surface area contributed by atoms with Crippen LogP contribution in [0.1, 0.15) is 10.9 Å². The van der Waals surface area contributed by atoms with Crippen LogP contribution in [0.5, 0.6) is 0 Å². The second-order valence-electron chi connectivity index (χ2n) is 3.95. The number of rotatable bonds is 3. The highest BCUT2D eigenvalue weighted by molar-refractivity contribution is 8.00. The van der Waals surface area contributed by atoms with Gasteiger partial charge in [-0.25, -0.2) is 8.42 Å². The third-order valence-electron chi connectivity index (χ3n) is 2.66. The monoisotopic (exact) mass is 288 g/mol. The maximum Gasteiger partial charge on any atom is 0.269 e. The minimum Gasteiger partial charge on any atom is -0.258 e. The Bertz CT molecular complexity index is 556. The Balaban J connectivity index is 2.28. The van der Waals surface area contributed by atoms with Gasteiger partial charge in [0.05, 0.1) is 16.6 Å². The van der Waals surface area contributed by atoms with Gasteiger partial charge in [0, 0.05) is 24.4 Å². The molecule has 0 saturated carbocycles. The molecule has 0 amide bonds. The molecule has 0 spiro atoms. The van der Waals surface area contributed by atoms with Gasteiger partial charge in [-0.3, -0.25) is 10.1 Å². The van der Waals surface area contributed by atoms with E-state index in [1.165, 1.54) is 34.5 Å². The molecular weight excluding hydrogens is 276 g/mol. The number of thioether (sulfide) groups is 1. The average Bonchev–Trinajstić information content (AvgIpc) is 2.77. The molecule has 1 heterocycles. The van der Waals surface area contributed by atoms with E-state index < -0.39 is 14.9 Å².